The van der Waals surface area contributed by atoms with E-state index >= 15 is 0 Å². The Bertz CT molecular complexity index is 1000. The van der Waals surface area contributed by atoms with Crippen LogP contribution < -0.4 is 5.32 Å². The Morgan fingerprint density at radius 3 is 2.71 bits per heavy atom. The summed E-state index contributed by atoms with van der Waals surface area (Å²) in [4.78, 5) is 32.9. The minimum absolute atomic E-state index is 0.136. The number of benzene rings is 1. The fourth-order valence-electron chi connectivity index (χ4n) is 5.20. The van der Waals surface area contributed by atoms with E-state index in [2.05, 4.69) is 46.4 Å². The van der Waals surface area contributed by atoms with E-state index in [0.717, 1.165) is 51.0 Å². The van der Waals surface area contributed by atoms with Crippen LogP contribution in [-0.4, -0.2) is 70.5 Å². The van der Waals surface area contributed by atoms with Gasteiger partial charge in [-0.25, -0.2) is 0 Å². The molecule has 2 aliphatic heterocycles. The van der Waals surface area contributed by atoms with Gasteiger partial charge in [-0.2, -0.15) is 0 Å². The van der Waals surface area contributed by atoms with Crippen LogP contribution in [0.5, 0.6) is 0 Å². The number of aliphatic hydroxyl groups is 1. The van der Waals surface area contributed by atoms with E-state index in [-0.39, 0.29) is 24.4 Å². The van der Waals surface area contributed by atoms with Crippen LogP contribution in [-0.2, 0) is 17.6 Å². The Morgan fingerprint density at radius 2 is 1.94 bits per heavy atom. The summed E-state index contributed by atoms with van der Waals surface area (Å²) in [5.74, 6) is 0.419. The van der Waals surface area contributed by atoms with Crippen LogP contribution in [0.15, 0.2) is 42.6 Å². The first-order valence-electron chi connectivity index (χ1n) is 12.4. The van der Waals surface area contributed by atoms with E-state index in [0.29, 0.717) is 18.0 Å². The van der Waals surface area contributed by atoms with Gasteiger partial charge >= 0.3 is 0 Å². The molecule has 2 aliphatic rings. The number of pyridine rings is 1. The molecule has 1 aromatic heterocycles. The lowest BCUT2D eigenvalue weighted by atomic mass is 9.91. The van der Waals surface area contributed by atoms with Crippen molar-refractivity contribution in [2.24, 2.45) is 5.92 Å². The van der Waals surface area contributed by atoms with Crippen molar-refractivity contribution in [2.45, 2.75) is 51.7 Å². The highest BCUT2D eigenvalue weighted by molar-refractivity contribution is 5.94. The van der Waals surface area contributed by atoms with Gasteiger partial charge < -0.3 is 15.3 Å². The molecule has 2 amide bonds. The Kier molecular flexibility index (Phi) is 7.95. The molecular formula is C27H36N4O3. The highest BCUT2D eigenvalue weighted by Crippen LogP contribution is 2.29. The monoisotopic (exact) mass is 464 g/mol. The smallest absolute Gasteiger partial charge is 0.251 e. The fourth-order valence-corrected chi connectivity index (χ4v) is 5.20. The standard InChI is InChI=1S/C27H36N4O3/c1-19-26-6-4-3-5-22(26)10-14-31(19)18-25(33)17-29-27(34)23-7-11-28-24(16-23)15-21-8-12-30(13-9-21)20(2)32/h3-7,11,16,19,21,25,33H,8-10,12-15,17-18H2,1-2H3,(H,29,34)/t19?,25-/m0/s1. The summed E-state index contributed by atoms with van der Waals surface area (Å²) in [6.45, 7) is 7.01. The van der Waals surface area contributed by atoms with Crippen molar-refractivity contribution < 1.29 is 14.7 Å². The number of rotatable bonds is 7. The minimum Gasteiger partial charge on any atom is -0.390 e. The molecule has 0 spiro atoms. The van der Waals surface area contributed by atoms with Crippen molar-refractivity contribution in [3.63, 3.8) is 0 Å². The highest BCUT2D eigenvalue weighted by Gasteiger charge is 2.25. The second-order valence-electron chi connectivity index (χ2n) is 9.67. The second-order valence-corrected chi connectivity index (χ2v) is 9.67. The summed E-state index contributed by atoms with van der Waals surface area (Å²) < 4.78 is 0. The number of amides is 2. The van der Waals surface area contributed by atoms with Crippen LogP contribution >= 0.6 is 0 Å². The Balaban J connectivity index is 1.25. The van der Waals surface area contributed by atoms with Gasteiger partial charge in [0.1, 0.15) is 0 Å². The number of fused-ring (bicyclic) bond motifs is 1. The molecule has 4 rings (SSSR count). The number of likely N-dealkylation sites (tertiary alicyclic amines) is 1. The number of nitrogens with zero attached hydrogens (tertiary/aromatic N) is 3. The summed E-state index contributed by atoms with van der Waals surface area (Å²) in [5, 5.41) is 13.5. The molecule has 1 aromatic carbocycles. The fraction of sp³-hybridized carbons (Fsp3) is 0.519. The zero-order valence-electron chi connectivity index (χ0n) is 20.2. The third-order valence-electron chi connectivity index (χ3n) is 7.30. The van der Waals surface area contributed by atoms with E-state index in [4.69, 9.17) is 0 Å². The van der Waals surface area contributed by atoms with Crippen LogP contribution in [0.3, 0.4) is 0 Å². The van der Waals surface area contributed by atoms with Gasteiger partial charge in [0.15, 0.2) is 0 Å². The van der Waals surface area contributed by atoms with Crippen molar-refractivity contribution >= 4 is 11.8 Å². The van der Waals surface area contributed by atoms with Gasteiger partial charge in [0.05, 0.1) is 6.10 Å². The molecule has 1 fully saturated rings. The Morgan fingerprint density at radius 1 is 1.18 bits per heavy atom. The molecule has 182 valence electrons. The number of hydrogen-bond acceptors (Lipinski definition) is 5. The maximum Gasteiger partial charge on any atom is 0.251 e. The SMILES string of the molecule is CC(=O)N1CCC(Cc2cc(C(=O)NC[C@H](O)CN3CCc4ccccc4C3C)ccn2)CC1. The van der Waals surface area contributed by atoms with Crippen LogP contribution in [0.2, 0.25) is 0 Å². The Hall–Kier alpha value is -2.77. The second kappa shape index (κ2) is 11.1. The van der Waals surface area contributed by atoms with Crippen molar-refractivity contribution in [3.05, 3.63) is 65.0 Å². The van der Waals surface area contributed by atoms with E-state index in [9.17, 15) is 14.7 Å². The molecule has 2 aromatic rings. The van der Waals surface area contributed by atoms with E-state index in [1.54, 1.807) is 19.2 Å². The van der Waals surface area contributed by atoms with Crippen molar-refractivity contribution in [1.82, 2.24) is 20.1 Å². The summed E-state index contributed by atoms with van der Waals surface area (Å²) in [7, 11) is 0. The first kappa shape index (κ1) is 24.4. The molecule has 0 bridgehead atoms. The molecule has 7 nitrogen and oxygen atoms in total. The number of nitrogens with one attached hydrogen (secondary N) is 1. The molecule has 1 saturated heterocycles. The van der Waals surface area contributed by atoms with Gasteiger partial charge in [-0.3, -0.25) is 19.5 Å². The lowest BCUT2D eigenvalue weighted by Crippen LogP contribution is -2.43. The van der Waals surface area contributed by atoms with Crippen LogP contribution in [0.25, 0.3) is 0 Å². The quantitative estimate of drug-likeness (QED) is 0.658. The number of aliphatic hydroxyl groups excluding tert-OH is 1. The van der Waals surface area contributed by atoms with Crippen LogP contribution in [0, 0.1) is 5.92 Å². The summed E-state index contributed by atoms with van der Waals surface area (Å²) in [6.07, 6.45) is 4.76. The number of β-amino-alcohol motifs (C(OH)–C–C–N with tert-alkyl or cyclic N) is 1. The normalized spacial score (nSPS) is 20.0. The van der Waals surface area contributed by atoms with Crippen molar-refractivity contribution in [1.29, 1.82) is 0 Å². The van der Waals surface area contributed by atoms with E-state index < -0.39 is 6.10 Å². The zero-order valence-corrected chi connectivity index (χ0v) is 20.2. The number of piperidine rings is 1. The molecule has 2 N–H and O–H groups in total. The van der Waals surface area contributed by atoms with Crippen molar-refractivity contribution in [3.8, 4) is 0 Å². The third-order valence-corrected chi connectivity index (χ3v) is 7.30. The zero-order chi connectivity index (χ0) is 24.1. The molecule has 7 heteroatoms. The van der Waals surface area contributed by atoms with E-state index in [1.807, 2.05) is 11.0 Å². The highest BCUT2D eigenvalue weighted by atomic mass is 16.3. The summed E-state index contributed by atoms with van der Waals surface area (Å²) in [5.41, 5.74) is 4.17. The lowest BCUT2D eigenvalue weighted by Gasteiger charge is -2.36. The average Bonchev–Trinajstić information content (AvgIpc) is 2.85. The molecule has 34 heavy (non-hydrogen) atoms. The number of aromatic nitrogens is 1. The van der Waals surface area contributed by atoms with Gasteiger partial charge in [-0.1, -0.05) is 24.3 Å². The predicted molar refractivity (Wildman–Crippen MR) is 131 cm³/mol. The van der Waals surface area contributed by atoms with Gasteiger partial charge in [0.2, 0.25) is 5.91 Å². The summed E-state index contributed by atoms with van der Waals surface area (Å²) in [6, 6.07) is 12.3. The largest absolute Gasteiger partial charge is 0.390 e. The lowest BCUT2D eigenvalue weighted by molar-refractivity contribution is -0.130. The first-order chi connectivity index (χ1) is 16.4. The Labute approximate surface area is 202 Å². The van der Waals surface area contributed by atoms with E-state index in [1.165, 1.54) is 11.1 Å². The maximum atomic E-state index is 12.7. The summed E-state index contributed by atoms with van der Waals surface area (Å²) >= 11 is 0. The van der Waals surface area contributed by atoms with Gasteiger partial charge in [0.25, 0.3) is 5.91 Å². The van der Waals surface area contributed by atoms with Crippen molar-refractivity contribution in [2.75, 3.05) is 32.7 Å². The average molecular weight is 465 g/mol. The number of carbonyl (C=O) groups is 2. The number of hydrogen-bond donors (Lipinski definition) is 2. The third kappa shape index (κ3) is 6.02. The van der Waals surface area contributed by atoms with Crippen LogP contribution in [0.4, 0.5) is 0 Å². The molecule has 2 atom stereocenters. The topological polar surface area (TPSA) is 85.8 Å². The molecule has 3 heterocycles. The maximum absolute atomic E-state index is 12.7. The minimum atomic E-state index is -0.635. The molecule has 0 aliphatic carbocycles. The van der Waals surface area contributed by atoms with Gasteiger partial charge in [0, 0.05) is 63.1 Å². The number of carbonyl (C=O) groups excluding carboxylic acids is 2. The van der Waals surface area contributed by atoms with Crippen LogP contribution in [0.1, 0.15) is 59.9 Å². The molecular weight excluding hydrogens is 428 g/mol. The van der Waals surface area contributed by atoms with Gasteiger partial charge in [-0.05, 0) is 61.8 Å². The molecule has 0 saturated carbocycles. The first-order valence-corrected chi connectivity index (χ1v) is 12.4. The molecule has 1 unspecified atom stereocenters. The van der Waals surface area contributed by atoms with Gasteiger partial charge in [-0.15, -0.1) is 0 Å². The molecule has 0 radical (unpaired) electrons. The predicted octanol–water partition coefficient (Wildman–Crippen LogP) is 2.59.